The number of benzene rings is 4. The van der Waals surface area contributed by atoms with Crippen molar-refractivity contribution >= 4 is 32.8 Å². The maximum atomic E-state index is 16.6. The number of aryl methyl sites for hydroxylation is 2. The number of fused-ring (bicyclic) bond motifs is 5. The molecule has 6 aromatic rings. The second-order valence-electron chi connectivity index (χ2n) is 14.8. The summed E-state index contributed by atoms with van der Waals surface area (Å²) in [7, 11) is 0. The van der Waals surface area contributed by atoms with Crippen molar-refractivity contribution in [2.75, 3.05) is 0 Å². The van der Waals surface area contributed by atoms with Gasteiger partial charge in [-0.2, -0.15) is 9.13 Å². The van der Waals surface area contributed by atoms with Crippen LogP contribution in [0, 0.1) is 12.7 Å². The molecule has 3 heteroatoms. The highest BCUT2D eigenvalue weighted by molar-refractivity contribution is 6.09. The lowest BCUT2D eigenvalue weighted by molar-refractivity contribution is -0.741. The van der Waals surface area contributed by atoms with Gasteiger partial charge < -0.3 is 0 Å². The molecule has 1 aliphatic carbocycles. The molecule has 4 heterocycles. The lowest BCUT2D eigenvalue weighted by Crippen LogP contribution is -2.61. The van der Waals surface area contributed by atoms with Crippen LogP contribution in [0.3, 0.4) is 0 Å². The molecule has 0 amide bonds. The lowest BCUT2D eigenvalue weighted by Gasteiger charge is -2.41. The van der Waals surface area contributed by atoms with Crippen LogP contribution in [0.2, 0.25) is 0 Å². The number of nitrogens with zero attached hydrogens (tertiary/aromatic N) is 2. The van der Waals surface area contributed by atoms with E-state index in [1.165, 1.54) is 77.6 Å². The molecule has 0 unspecified atom stereocenters. The van der Waals surface area contributed by atoms with E-state index >= 15 is 4.39 Å². The molecule has 0 N–H and O–H groups in total. The van der Waals surface area contributed by atoms with Gasteiger partial charge in [0.05, 0.1) is 27.5 Å². The van der Waals surface area contributed by atoms with Gasteiger partial charge in [0, 0.05) is 41.5 Å². The van der Waals surface area contributed by atoms with E-state index in [0.717, 1.165) is 43.2 Å². The second kappa shape index (κ2) is 10.2. The minimum absolute atomic E-state index is 0.116. The Morgan fingerprint density at radius 2 is 1.54 bits per heavy atom. The Balaban J connectivity index is 1.50. The molecule has 0 atom stereocenters. The van der Waals surface area contributed by atoms with Crippen LogP contribution in [-0.4, -0.2) is 0 Å². The summed E-state index contributed by atoms with van der Waals surface area (Å²) in [6, 6.07) is 28.8. The number of unbranched alkanes of at least 4 members (excludes halogenated alkanes) is 1. The van der Waals surface area contributed by atoms with Crippen molar-refractivity contribution in [3.05, 3.63) is 130 Å². The van der Waals surface area contributed by atoms with E-state index in [0.29, 0.717) is 0 Å². The van der Waals surface area contributed by atoms with Gasteiger partial charge in [0.2, 0.25) is 17.1 Å². The molecule has 0 radical (unpaired) electrons. The maximum absolute atomic E-state index is 16.6. The summed E-state index contributed by atoms with van der Waals surface area (Å²) in [6.45, 7) is 13.6. The Kier molecular flexibility index (Phi) is 6.26. The van der Waals surface area contributed by atoms with Crippen LogP contribution >= 0.6 is 0 Å². The molecule has 0 saturated carbocycles. The maximum Gasteiger partial charge on any atom is 0.230 e. The van der Waals surface area contributed by atoms with Gasteiger partial charge in [-0.25, -0.2) is 4.39 Å². The Labute approximate surface area is 283 Å². The number of aromatic nitrogens is 2. The minimum Gasteiger partial charge on any atom is -0.207 e. The molecular formula is C45H43FN2+2. The first-order valence-electron chi connectivity index (χ1n) is 17.9. The lowest BCUT2D eigenvalue weighted by atomic mass is 9.63. The summed E-state index contributed by atoms with van der Waals surface area (Å²) in [5.41, 5.74) is 13.6. The first-order chi connectivity index (χ1) is 23.3. The van der Waals surface area contributed by atoms with Gasteiger partial charge in [-0.15, -0.1) is 0 Å². The van der Waals surface area contributed by atoms with Gasteiger partial charge in [-0.1, -0.05) is 89.1 Å². The standard InChI is InChI=1S/C45H43FN2/c1-7-10-13-28-17-20-35-37-30(28)23-25-48-43(37)38-33(19-21-36(46)40(38)44(35,5)6)39(45(48,8-2)9-3)42-32-18-16-27(4)26-34(32)41-31-15-12-11-14-29(31)22-24-47(41)42/h11-12,14-26H,7-10,13H2,1-6H3/q+2. The number of allylic oxidation sites excluding steroid dienone is 1. The van der Waals surface area contributed by atoms with Gasteiger partial charge in [-0.3, -0.25) is 0 Å². The second-order valence-corrected chi connectivity index (χ2v) is 14.8. The first-order valence-corrected chi connectivity index (χ1v) is 17.9. The first kappa shape index (κ1) is 29.5. The molecule has 2 aliphatic heterocycles. The zero-order chi connectivity index (χ0) is 33.1. The van der Waals surface area contributed by atoms with E-state index in [-0.39, 0.29) is 11.4 Å². The fourth-order valence-electron chi connectivity index (χ4n) is 9.72. The van der Waals surface area contributed by atoms with Crippen LogP contribution < -0.4 is 9.13 Å². The molecule has 0 fully saturated rings. The molecule has 9 rings (SSSR count). The molecule has 2 nitrogen and oxygen atoms in total. The molecule has 0 saturated heterocycles. The fraction of sp³-hybridized carbons (Fsp3) is 0.289. The Morgan fingerprint density at radius 3 is 2.33 bits per heavy atom. The Bertz CT molecular complexity index is 2410. The van der Waals surface area contributed by atoms with E-state index in [1.54, 1.807) is 6.07 Å². The summed E-state index contributed by atoms with van der Waals surface area (Å²) in [5, 5.41) is 5.13. The van der Waals surface area contributed by atoms with Crippen molar-refractivity contribution in [2.24, 2.45) is 0 Å². The highest BCUT2D eigenvalue weighted by Gasteiger charge is 2.57. The van der Waals surface area contributed by atoms with Crippen LogP contribution in [0.1, 0.15) is 93.7 Å². The minimum atomic E-state index is -0.497. The Hall–Kier alpha value is -4.63. The van der Waals surface area contributed by atoms with Gasteiger partial charge in [0.1, 0.15) is 11.4 Å². The average molecular weight is 631 g/mol. The summed E-state index contributed by atoms with van der Waals surface area (Å²) >= 11 is 0. The van der Waals surface area contributed by atoms with Gasteiger partial charge in [0.25, 0.3) is 0 Å². The number of rotatable bonds is 5. The molecular weight excluding hydrogens is 588 g/mol. The highest BCUT2D eigenvalue weighted by atomic mass is 19.1. The SMILES string of the molecule is CCCCc1ccc2c3c4[n+](ccc13)C(CC)(CC)C(=C1c3ccc(C)cc3-c3c5ccccc5cc[n+]31)c1ccc(F)c(c1-4)C2(C)C. The smallest absolute Gasteiger partial charge is 0.207 e. The number of hydrogen-bond donors (Lipinski definition) is 0. The molecule has 2 aromatic heterocycles. The van der Waals surface area contributed by atoms with E-state index < -0.39 is 5.41 Å². The number of pyridine rings is 2. The van der Waals surface area contributed by atoms with Gasteiger partial charge in [0.15, 0.2) is 17.9 Å². The van der Waals surface area contributed by atoms with Crippen LogP contribution in [0.15, 0.2) is 91.3 Å². The predicted molar refractivity (Wildman–Crippen MR) is 195 cm³/mol. The Morgan fingerprint density at radius 1 is 0.750 bits per heavy atom. The van der Waals surface area contributed by atoms with Crippen molar-refractivity contribution < 1.29 is 13.5 Å². The summed E-state index contributed by atoms with van der Waals surface area (Å²) in [4.78, 5) is 0. The van der Waals surface area contributed by atoms with E-state index in [1.807, 2.05) is 0 Å². The van der Waals surface area contributed by atoms with Crippen molar-refractivity contribution in [1.29, 1.82) is 0 Å². The molecule has 0 spiro atoms. The van der Waals surface area contributed by atoms with Crippen LogP contribution in [0.5, 0.6) is 0 Å². The van der Waals surface area contributed by atoms with Crippen LogP contribution in [-0.2, 0) is 17.4 Å². The van der Waals surface area contributed by atoms with E-state index in [4.69, 9.17) is 0 Å². The molecule has 0 bridgehead atoms. The highest BCUT2D eigenvalue weighted by Crippen LogP contribution is 2.57. The molecule has 4 aromatic carbocycles. The number of halogens is 1. The quantitative estimate of drug-likeness (QED) is 0.167. The average Bonchev–Trinajstić information content (AvgIpc) is 3.42. The van der Waals surface area contributed by atoms with E-state index in [2.05, 4.69) is 136 Å². The topological polar surface area (TPSA) is 7.76 Å². The predicted octanol–water partition coefficient (Wildman–Crippen LogP) is 10.6. The van der Waals surface area contributed by atoms with Crippen molar-refractivity contribution in [3.63, 3.8) is 0 Å². The summed E-state index contributed by atoms with van der Waals surface area (Å²) in [6.07, 6.45) is 9.81. The third kappa shape index (κ3) is 3.57. The zero-order valence-corrected chi connectivity index (χ0v) is 29.0. The van der Waals surface area contributed by atoms with Crippen molar-refractivity contribution in [1.82, 2.24) is 0 Å². The summed E-state index contributed by atoms with van der Waals surface area (Å²) in [5.74, 6) is -0.116. The van der Waals surface area contributed by atoms with Crippen molar-refractivity contribution in [3.8, 4) is 22.5 Å². The van der Waals surface area contributed by atoms with E-state index in [9.17, 15) is 0 Å². The molecule has 238 valence electrons. The zero-order valence-electron chi connectivity index (χ0n) is 29.0. The third-order valence-corrected chi connectivity index (χ3v) is 12.1. The largest absolute Gasteiger partial charge is 0.230 e. The monoisotopic (exact) mass is 630 g/mol. The van der Waals surface area contributed by atoms with Gasteiger partial charge >= 0.3 is 0 Å². The molecule has 3 aliphatic rings. The van der Waals surface area contributed by atoms with Gasteiger partial charge in [-0.05, 0) is 65.9 Å². The fourth-order valence-corrected chi connectivity index (χ4v) is 9.72. The normalized spacial score (nSPS) is 17.6. The summed E-state index contributed by atoms with van der Waals surface area (Å²) < 4.78 is 21.6. The number of hydrogen-bond acceptors (Lipinski definition) is 0. The third-order valence-electron chi connectivity index (χ3n) is 12.1. The van der Waals surface area contributed by atoms with Crippen molar-refractivity contribution in [2.45, 2.75) is 84.6 Å². The van der Waals surface area contributed by atoms with Crippen LogP contribution in [0.4, 0.5) is 4.39 Å². The van der Waals surface area contributed by atoms with Crippen LogP contribution in [0.25, 0.3) is 55.3 Å². The molecule has 48 heavy (non-hydrogen) atoms.